The van der Waals surface area contributed by atoms with Gasteiger partial charge in [-0.3, -0.25) is 4.79 Å². The van der Waals surface area contributed by atoms with Crippen LogP contribution in [0.15, 0.2) is 46.0 Å². The van der Waals surface area contributed by atoms with Gasteiger partial charge in [-0.25, -0.2) is 13.4 Å². The molecule has 1 amide bonds. The van der Waals surface area contributed by atoms with E-state index in [-0.39, 0.29) is 17.9 Å². The second kappa shape index (κ2) is 8.13. The third kappa shape index (κ3) is 4.60. The maximum Gasteiger partial charge on any atom is 0.501 e. The van der Waals surface area contributed by atoms with Gasteiger partial charge in [-0.15, -0.1) is 22.7 Å². The number of halogens is 3. The molecule has 0 radical (unpaired) electrons. The van der Waals surface area contributed by atoms with Crippen LogP contribution in [0.1, 0.15) is 5.69 Å². The normalized spacial score (nSPS) is 12.0. The van der Waals surface area contributed by atoms with Crippen LogP contribution in [0.4, 0.5) is 18.9 Å². The van der Waals surface area contributed by atoms with E-state index < -0.39 is 26.1 Å². The minimum atomic E-state index is -5.56. The standard InChI is InChI=1S/C17H13F3N2O4S3/c1-26-13-5-4-11(29(24,25)17(18,19)20)8-12(13)22-15(23)7-10-9-28-16(21-10)14-3-2-6-27-14/h2-6,8-9H,7H2,1H3,(H,22,23). The smallest absolute Gasteiger partial charge is 0.495 e. The van der Waals surface area contributed by atoms with Gasteiger partial charge in [-0.2, -0.15) is 13.2 Å². The van der Waals surface area contributed by atoms with Gasteiger partial charge in [0.15, 0.2) is 0 Å². The molecule has 0 aliphatic rings. The number of methoxy groups -OCH3 is 1. The van der Waals surface area contributed by atoms with Gasteiger partial charge in [0.25, 0.3) is 9.84 Å². The van der Waals surface area contributed by atoms with E-state index in [1.807, 2.05) is 17.5 Å². The largest absolute Gasteiger partial charge is 0.501 e. The van der Waals surface area contributed by atoms with Crippen molar-refractivity contribution in [3.8, 4) is 15.6 Å². The minimum Gasteiger partial charge on any atom is -0.495 e. The molecule has 6 nitrogen and oxygen atoms in total. The zero-order valence-electron chi connectivity index (χ0n) is 14.7. The highest BCUT2D eigenvalue weighted by atomic mass is 32.2. The van der Waals surface area contributed by atoms with Gasteiger partial charge in [0, 0.05) is 5.38 Å². The van der Waals surface area contributed by atoms with E-state index in [9.17, 15) is 26.4 Å². The first-order chi connectivity index (χ1) is 13.6. The van der Waals surface area contributed by atoms with Crippen molar-refractivity contribution in [2.45, 2.75) is 16.8 Å². The molecule has 1 N–H and O–H groups in total. The van der Waals surface area contributed by atoms with Crippen LogP contribution in [-0.4, -0.2) is 31.9 Å². The number of thiophene rings is 1. The number of nitrogens with one attached hydrogen (secondary N) is 1. The lowest BCUT2D eigenvalue weighted by atomic mass is 10.2. The number of hydrogen-bond donors (Lipinski definition) is 1. The van der Waals surface area contributed by atoms with Crippen LogP contribution in [0, 0.1) is 0 Å². The lowest BCUT2D eigenvalue weighted by molar-refractivity contribution is -0.115. The van der Waals surface area contributed by atoms with Crippen molar-refractivity contribution >= 4 is 44.1 Å². The zero-order valence-corrected chi connectivity index (χ0v) is 17.1. The number of rotatable bonds is 6. The van der Waals surface area contributed by atoms with Crippen molar-refractivity contribution < 1.29 is 31.1 Å². The summed E-state index contributed by atoms with van der Waals surface area (Å²) >= 11 is 2.87. The van der Waals surface area contributed by atoms with E-state index in [2.05, 4.69) is 10.3 Å². The molecule has 3 rings (SSSR count). The van der Waals surface area contributed by atoms with Gasteiger partial charge in [0.2, 0.25) is 5.91 Å². The van der Waals surface area contributed by atoms with Crippen LogP contribution < -0.4 is 10.1 Å². The van der Waals surface area contributed by atoms with E-state index >= 15 is 0 Å². The van der Waals surface area contributed by atoms with E-state index in [1.165, 1.54) is 29.8 Å². The monoisotopic (exact) mass is 462 g/mol. The van der Waals surface area contributed by atoms with E-state index in [4.69, 9.17) is 4.74 Å². The Morgan fingerprint density at radius 3 is 2.62 bits per heavy atom. The summed E-state index contributed by atoms with van der Waals surface area (Å²) in [5.74, 6) is -0.551. The quantitative estimate of drug-likeness (QED) is 0.589. The van der Waals surface area contributed by atoms with E-state index in [1.54, 1.807) is 5.38 Å². The van der Waals surface area contributed by atoms with Crippen molar-refractivity contribution in [2.24, 2.45) is 0 Å². The number of anilines is 1. The molecule has 0 aliphatic heterocycles. The van der Waals surface area contributed by atoms with Crippen molar-refractivity contribution in [3.05, 3.63) is 46.8 Å². The Hall–Kier alpha value is -2.44. The summed E-state index contributed by atoms with van der Waals surface area (Å²) in [6.45, 7) is 0. The fourth-order valence-corrected chi connectivity index (χ4v) is 4.77. The molecular weight excluding hydrogens is 449 g/mol. The molecular formula is C17H13F3N2O4S3. The predicted molar refractivity (Wildman–Crippen MR) is 104 cm³/mol. The summed E-state index contributed by atoms with van der Waals surface area (Å²) in [6, 6.07) is 6.31. The number of ether oxygens (including phenoxy) is 1. The molecule has 154 valence electrons. The molecule has 0 bridgehead atoms. The summed E-state index contributed by atoms with van der Waals surface area (Å²) in [5, 5.41) is 6.74. The second-order valence-electron chi connectivity index (χ2n) is 5.66. The SMILES string of the molecule is COc1ccc(S(=O)(=O)C(F)(F)F)cc1NC(=O)Cc1csc(-c2cccs2)n1. The van der Waals surface area contributed by atoms with Gasteiger partial charge in [0.05, 0.1) is 34.7 Å². The number of thiazole rings is 1. The average Bonchev–Trinajstić information content (AvgIpc) is 3.32. The number of aromatic nitrogens is 1. The Balaban J connectivity index is 1.80. The lowest BCUT2D eigenvalue weighted by Crippen LogP contribution is -2.23. The maximum atomic E-state index is 12.8. The van der Waals surface area contributed by atoms with Crippen molar-refractivity contribution in [1.82, 2.24) is 4.98 Å². The van der Waals surface area contributed by atoms with Crippen LogP contribution in [0.2, 0.25) is 0 Å². The van der Waals surface area contributed by atoms with Gasteiger partial charge in [-0.1, -0.05) is 6.07 Å². The first kappa shape index (κ1) is 21.3. The molecule has 1 aromatic carbocycles. The van der Waals surface area contributed by atoms with E-state index in [0.717, 1.165) is 28.1 Å². The molecule has 0 spiro atoms. The average molecular weight is 462 g/mol. The highest BCUT2D eigenvalue weighted by Crippen LogP contribution is 2.35. The fraction of sp³-hybridized carbons (Fsp3) is 0.176. The second-order valence-corrected chi connectivity index (χ2v) is 9.40. The summed E-state index contributed by atoms with van der Waals surface area (Å²) in [7, 11) is -4.31. The van der Waals surface area contributed by atoms with Gasteiger partial charge in [0.1, 0.15) is 10.8 Å². The van der Waals surface area contributed by atoms with Crippen LogP contribution in [0.25, 0.3) is 9.88 Å². The Kier molecular flexibility index (Phi) is 5.96. The number of carbonyl (C=O) groups excluding carboxylic acids is 1. The van der Waals surface area contributed by atoms with Crippen molar-refractivity contribution in [1.29, 1.82) is 0 Å². The fourth-order valence-electron chi connectivity index (χ4n) is 2.35. The summed E-state index contributed by atoms with van der Waals surface area (Å²) in [5.41, 5.74) is -5.16. The molecule has 0 fully saturated rings. The summed E-state index contributed by atoms with van der Waals surface area (Å²) in [6.07, 6.45) is -0.138. The van der Waals surface area contributed by atoms with Crippen LogP contribution in [-0.2, 0) is 21.1 Å². The molecule has 2 aromatic heterocycles. The Morgan fingerprint density at radius 2 is 2.00 bits per heavy atom. The highest BCUT2D eigenvalue weighted by Gasteiger charge is 2.47. The maximum absolute atomic E-state index is 12.8. The molecule has 0 aliphatic carbocycles. The first-order valence-electron chi connectivity index (χ1n) is 7.89. The zero-order chi connectivity index (χ0) is 21.2. The number of amides is 1. The number of alkyl halides is 3. The van der Waals surface area contributed by atoms with E-state index in [0.29, 0.717) is 5.69 Å². The molecule has 29 heavy (non-hydrogen) atoms. The van der Waals surface area contributed by atoms with Crippen LogP contribution >= 0.6 is 22.7 Å². The number of carbonyl (C=O) groups is 1. The van der Waals surface area contributed by atoms with Crippen molar-refractivity contribution in [2.75, 3.05) is 12.4 Å². The first-order valence-corrected chi connectivity index (χ1v) is 11.1. The molecule has 0 saturated carbocycles. The third-order valence-electron chi connectivity index (χ3n) is 3.69. The summed E-state index contributed by atoms with van der Waals surface area (Å²) < 4.78 is 66.6. The Bertz CT molecular complexity index is 1120. The van der Waals surface area contributed by atoms with Gasteiger partial charge >= 0.3 is 5.51 Å². The predicted octanol–water partition coefficient (Wildman–Crippen LogP) is 4.35. The molecule has 12 heteroatoms. The topological polar surface area (TPSA) is 85.4 Å². The molecule has 0 unspecified atom stereocenters. The summed E-state index contributed by atoms with van der Waals surface area (Å²) in [4.78, 5) is 16.7. The lowest BCUT2D eigenvalue weighted by Gasteiger charge is -2.13. The Morgan fingerprint density at radius 1 is 1.24 bits per heavy atom. The number of benzene rings is 1. The number of hydrogen-bond acceptors (Lipinski definition) is 7. The number of nitrogens with zero attached hydrogens (tertiary/aromatic N) is 1. The minimum absolute atomic E-state index is 0.0250. The third-order valence-corrected chi connectivity index (χ3v) is 7.10. The molecule has 0 atom stereocenters. The van der Waals surface area contributed by atoms with Crippen molar-refractivity contribution in [3.63, 3.8) is 0 Å². The molecule has 3 aromatic rings. The number of sulfone groups is 1. The van der Waals surface area contributed by atoms with Crippen LogP contribution in [0.3, 0.4) is 0 Å². The molecule has 0 saturated heterocycles. The van der Waals surface area contributed by atoms with Gasteiger partial charge < -0.3 is 10.1 Å². The molecule has 2 heterocycles. The highest BCUT2D eigenvalue weighted by molar-refractivity contribution is 7.92. The van der Waals surface area contributed by atoms with Crippen LogP contribution in [0.5, 0.6) is 5.75 Å². The van der Waals surface area contributed by atoms with Gasteiger partial charge in [-0.05, 0) is 29.6 Å². The Labute approximate surface area is 171 Å².